The summed E-state index contributed by atoms with van der Waals surface area (Å²) in [4.78, 5) is 3.96. The molecule has 0 amide bonds. The Morgan fingerprint density at radius 2 is 2.24 bits per heavy atom. The van der Waals surface area contributed by atoms with Gasteiger partial charge in [0.05, 0.1) is 18.6 Å². The Kier molecular flexibility index (Phi) is 4.89. The molecule has 5 nitrogen and oxygen atoms in total. The van der Waals surface area contributed by atoms with Crippen LogP contribution in [0, 0.1) is 0 Å². The highest BCUT2D eigenvalue weighted by molar-refractivity contribution is 7.90. The lowest BCUT2D eigenvalue weighted by molar-refractivity contribution is 0.394. The van der Waals surface area contributed by atoms with Crippen molar-refractivity contribution < 1.29 is 13.2 Å². The third-order valence-corrected chi connectivity index (χ3v) is 4.10. The van der Waals surface area contributed by atoms with Crippen LogP contribution in [0.3, 0.4) is 0 Å². The second-order valence-corrected chi connectivity index (χ2v) is 6.00. The lowest BCUT2D eigenvalue weighted by Gasteiger charge is -2.11. The molecule has 0 saturated carbocycles. The molecule has 1 atom stereocenters. The van der Waals surface area contributed by atoms with E-state index < -0.39 is 9.84 Å². The molecule has 0 aliphatic rings. The Labute approximate surface area is 102 Å². The molecule has 96 valence electrons. The summed E-state index contributed by atoms with van der Waals surface area (Å²) in [6.07, 6.45) is 2.20. The summed E-state index contributed by atoms with van der Waals surface area (Å²) in [6, 6.07) is 3.07. The van der Waals surface area contributed by atoms with Gasteiger partial charge in [-0.2, -0.15) is 0 Å². The summed E-state index contributed by atoms with van der Waals surface area (Å²) in [5.74, 6) is 0.250. The van der Waals surface area contributed by atoms with Gasteiger partial charge in [0.1, 0.15) is 0 Å². The largest absolute Gasteiger partial charge is 0.481 e. The van der Waals surface area contributed by atoms with Crippen molar-refractivity contribution in [3.8, 4) is 5.88 Å². The second kappa shape index (κ2) is 5.97. The monoisotopic (exact) mass is 258 g/mol. The smallest absolute Gasteiger partial charge is 0.217 e. The average Bonchev–Trinajstić information content (AvgIpc) is 2.28. The van der Waals surface area contributed by atoms with E-state index in [0.29, 0.717) is 17.9 Å². The van der Waals surface area contributed by atoms with E-state index in [2.05, 4.69) is 4.98 Å². The number of sulfone groups is 1. The number of nitrogens with zero attached hydrogens (tertiary/aromatic N) is 1. The van der Waals surface area contributed by atoms with E-state index in [-0.39, 0.29) is 17.5 Å². The normalized spacial score (nSPS) is 13.4. The minimum Gasteiger partial charge on any atom is -0.481 e. The van der Waals surface area contributed by atoms with Gasteiger partial charge in [0.25, 0.3) is 0 Å². The van der Waals surface area contributed by atoms with E-state index in [1.165, 1.54) is 7.11 Å². The molecular weight excluding hydrogens is 240 g/mol. The predicted molar refractivity (Wildman–Crippen MR) is 66.5 cm³/mol. The van der Waals surface area contributed by atoms with Crippen molar-refractivity contribution in [3.63, 3.8) is 0 Å². The van der Waals surface area contributed by atoms with Crippen LogP contribution < -0.4 is 10.5 Å². The summed E-state index contributed by atoms with van der Waals surface area (Å²) in [7, 11) is -1.76. The van der Waals surface area contributed by atoms with Gasteiger partial charge < -0.3 is 10.5 Å². The molecule has 0 aliphatic heterocycles. The molecule has 0 fully saturated rings. The van der Waals surface area contributed by atoms with Gasteiger partial charge in [0, 0.05) is 17.8 Å². The third-order valence-electron chi connectivity index (χ3n) is 2.41. The molecule has 17 heavy (non-hydrogen) atoms. The molecule has 0 radical (unpaired) electrons. The summed E-state index contributed by atoms with van der Waals surface area (Å²) >= 11 is 0. The van der Waals surface area contributed by atoms with Crippen LogP contribution in [0.1, 0.15) is 18.9 Å². The maximum atomic E-state index is 11.9. The van der Waals surface area contributed by atoms with Crippen molar-refractivity contribution in [3.05, 3.63) is 23.9 Å². The molecule has 0 saturated heterocycles. The van der Waals surface area contributed by atoms with Gasteiger partial charge in [-0.3, -0.25) is 0 Å². The molecule has 2 N–H and O–H groups in total. The molecule has 1 aromatic heterocycles. The van der Waals surface area contributed by atoms with Crippen LogP contribution in [-0.4, -0.2) is 32.3 Å². The SMILES string of the molecule is CCC(N)CS(=O)(=O)Cc1cccnc1OC. The zero-order chi connectivity index (χ0) is 12.9. The van der Waals surface area contributed by atoms with E-state index in [1.807, 2.05) is 6.92 Å². The Morgan fingerprint density at radius 3 is 2.82 bits per heavy atom. The summed E-state index contributed by atoms with van der Waals surface area (Å²) in [5, 5.41) is 0. The molecule has 1 aromatic rings. The molecule has 6 heteroatoms. The summed E-state index contributed by atoms with van der Waals surface area (Å²) in [6.45, 7) is 1.87. The van der Waals surface area contributed by atoms with Crippen molar-refractivity contribution in [1.82, 2.24) is 4.98 Å². The number of nitrogens with two attached hydrogens (primary N) is 1. The first-order chi connectivity index (χ1) is 7.98. The maximum Gasteiger partial charge on any atom is 0.217 e. The summed E-state index contributed by atoms with van der Waals surface area (Å²) in [5.41, 5.74) is 6.23. The number of ether oxygens (including phenoxy) is 1. The van der Waals surface area contributed by atoms with E-state index >= 15 is 0 Å². The number of aromatic nitrogens is 1. The van der Waals surface area contributed by atoms with E-state index in [4.69, 9.17) is 10.5 Å². The van der Waals surface area contributed by atoms with E-state index in [0.717, 1.165) is 0 Å². The van der Waals surface area contributed by atoms with Gasteiger partial charge in [0.15, 0.2) is 9.84 Å². The minimum absolute atomic E-state index is 0.0124. The van der Waals surface area contributed by atoms with Gasteiger partial charge in [-0.25, -0.2) is 13.4 Å². The first-order valence-electron chi connectivity index (χ1n) is 5.42. The molecule has 1 heterocycles. The fourth-order valence-corrected chi connectivity index (χ4v) is 3.16. The zero-order valence-electron chi connectivity index (χ0n) is 10.1. The Morgan fingerprint density at radius 1 is 1.53 bits per heavy atom. The summed E-state index contributed by atoms with van der Waals surface area (Å²) < 4.78 is 28.8. The molecule has 0 bridgehead atoms. The van der Waals surface area contributed by atoms with Gasteiger partial charge in [-0.15, -0.1) is 0 Å². The van der Waals surface area contributed by atoms with Crippen molar-refractivity contribution in [2.75, 3.05) is 12.9 Å². The van der Waals surface area contributed by atoms with Gasteiger partial charge in [-0.1, -0.05) is 13.0 Å². The highest BCUT2D eigenvalue weighted by Crippen LogP contribution is 2.17. The molecule has 0 spiro atoms. The van der Waals surface area contributed by atoms with Gasteiger partial charge in [-0.05, 0) is 12.5 Å². The van der Waals surface area contributed by atoms with E-state index in [9.17, 15) is 8.42 Å². The van der Waals surface area contributed by atoms with Crippen LogP contribution >= 0.6 is 0 Å². The number of hydrogen-bond acceptors (Lipinski definition) is 5. The lowest BCUT2D eigenvalue weighted by atomic mass is 10.3. The van der Waals surface area contributed by atoms with Crippen LogP contribution in [0.15, 0.2) is 18.3 Å². The fourth-order valence-electron chi connectivity index (χ4n) is 1.46. The maximum absolute atomic E-state index is 11.9. The fraction of sp³-hybridized carbons (Fsp3) is 0.545. The van der Waals surface area contributed by atoms with Crippen LogP contribution in [0.4, 0.5) is 0 Å². The molecule has 0 aliphatic carbocycles. The third kappa shape index (κ3) is 4.32. The van der Waals surface area contributed by atoms with E-state index in [1.54, 1.807) is 18.3 Å². The Bertz CT molecular complexity index is 460. The average molecular weight is 258 g/mol. The number of rotatable bonds is 6. The second-order valence-electron chi connectivity index (χ2n) is 3.89. The van der Waals surface area contributed by atoms with Crippen LogP contribution in [0.25, 0.3) is 0 Å². The quantitative estimate of drug-likeness (QED) is 0.814. The predicted octanol–water partition coefficient (Wildman–Crippen LogP) is 0.742. The van der Waals surface area contributed by atoms with Crippen molar-refractivity contribution >= 4 is 9.84 Å². The van der Waals surface area contributed by atoms with Crippen LogP contribution in [-0.2, 0) is 15.6 Å². The lowest BCUT2D eigenvalue weighted by Crippen LogP contribution is -2.29. The topological polar surface area (TPSA) is 82.3 Å². The number of hydrogen-bond donors (Lipinski definition) is 1. The standard InChI is InChI=1S/C11H18N2O3S/c1-3-10(12)8-17(14,15)7-9-5-4-6-13-11(9)16-2/h4-6,10H,3,7-8,12H2,1-2H3. The highest BCUT2D eigenvalue weighted by Gasteiger charge is 2.18. The Hall–Kier alpha value is -1.14. The molecule has 1 rings (SSSR count). The Balaban J connectivity index is 2.83. The number of pyridine rings is 1. The van der Waals surface area contributed by atoms with Crippen molar-refractivity contribution in [2.45, 2.75) is 25.1 Å². The molecule has 1 unspecified atom stereocenters. The van der Waals surface area contributed by atoms with Crippen LogP contribution in [0.5, 0.6) is 5.88 Å². The van der Waals surface area contributed by atoms with Gasteiger partial charge in [0.2, 0.25) is 5.88 Å². The van der Waals surface area contributed by atoms with Crippen molar-refractivity contribution in [1.29, 1.82) is 0 Å². The first-order valence-corrected chi connectivity index (χ1v) is 7.24. The highest BCUT2D eigenvalue weighted by atomic mass is 32.2. The first kappa shape index (κ1) is 13.9. The minimum atomic E-state index is -3.22. The molecular formula is C11H18N2O3S. The zero-order valence-corrected chi connectivity index (χ0v) is 10.9. The van der Waals surface area contributed by atoms with Crippen molar-refractivity contribution in [2.24, 2.45) is 5.73 Å². The number of methoxy groups -OCH3 is 1. The van der Waals surface area contributed by atoms with Crippen LogP contribution in [0.2, 0.25) is 0 Å². The molecule has 0 aromatic carbocycles. The van der Waals surface area contributed by atoms with Gasteiger partial charge >= 0.3 is 0 Å².